The summed E-state index contributed by atoms with van der Waals surface area (Å²) in [6.45, 7) is 3.85. The van der Waals surface area contributed by atoms with E-state index in [2.05, 4.69) is 6.58 Å². The SMILES string of the molecule is C=CCN(C(=O)c1ccc(C(=O)O)cc1)C1CCS(=O)(=O)C1. The Kier molecular flexibility index (Phi) is 4.65. The van der Waals surface area contributed by atoms with Crippen LogP contribution in [0.25, 0.3) is 0 Å². The standard InChI is InChI=1S/C15H17NO5S/c1-2-8-16(13-7-9-22(20,21)10-13)14(17)11-3-5-12(6-4-11)15(18)19/h2-6,13H,1,7-10H2,(H,18,19). The Labute approximate surface area is 129 Å². The molecular weight excluding hydrogens is 306 g/mol. The number of hydrogen-bond acceptors (Lipinski definition) is 4. The third kappa shape index (κ3) is 3.54. The summed E-state index contributed by atoms with van der Waals surface area (Å²) in [6.07, 6.45) is 1.96. The molecule has 7 heteroatoms. The van der Waals surface area contributed by atoms with Crippen LogP contribution in [-0.4, -0.2) is 54.4 Å². The molecule has 1 saturated heterocycles. The molecule has 1 aliphatic heterocycles. The van der Waals surface area contributed by atoms with Gasteiger partial charge in [0, 0.05) is 18.2 Å². The second kappa shape index (κ2) is 6.31. The number of benzene rings is 1. The number of aromatic carboxylic acids is 1. The number of amides is 1. The predicted octanol–water partition coefficient (Wildman–Crippen LogP) is 1.20. The molecule has 0 aliphatic carbocycles. The molecule has 1 N–H and O–H groups in total. The second-order valence-corrected chi connectivity index (χ2v) is 7.41. The number of carbonyl (C=O) groups is 2. The van der Waals surface area contributed by atoms with Gasteiger partial charge in [0.05, 0.1) is 17.1 Å². The van der Waals surface area contributed by atoms with E-state index in [4.69, 9.17) is 5.11 Å². The van der Waals surface area contributed by atoms with Gasteiger partial charge >= 0.3 is 5.97 Å². The fraction of sp³-hybridized carbons (Fsp3) is 0.333. The molecule has 0 bridgehead atoms. The Hall–Kier alpha value is -2.15. The second-order valence-electron chi connectivity index (χ2n) is 5.19. The van der Waals surface area contributed by atoms with Gasteiger partial charge in [-0.3, -0.25) is 4.79 Å². The monoisotopic (exact) mass is 323 g/mol. The minimum atomic E-state index is -3.10. The van der Waals surface area contributed by atoms with Gasteiger partial charge < -0.3 is 10.0 Å². The van der Waals surface area contributed by atoms with Crippen LogP contribution in [0.15, 0.2) is 36.9 Å². The zero-order valence-electron chi connectivity index (χ0n) is 11.9. The molecule has 6 nitrogen and oxygen atoms in total. The average molecular weight is 323 g/mol. The number of sulfone groups is 1. The summed E-state index contributed by atoms with van der Waals surface area (Å²) in [4.78, 5) is 24.9. The van der Waals surface area contributed by atoms with Gasteiger partial charge in [0.1, 0.15) is 0 Å². The van der Waals surface area contributed by atoms with Gasteiger partial charge in [-0.05, 0) is 30.7 Å². The fourth-order valence-corrected chi connectivity index (χ4v) is 4.21. The van der Waals surface area contributed by atoms with Gasteiger partial charge in [-0.2, -0.15) is 0 Å². The summed E-state index contributed by atoms with van der Waals surface area (Å²) in [5, 5.41) is 8.86. The van der Waals surface area contributed by atoms with Gasteiger partial charge in [0.15, 0.2) is 9.84 Å². The number of carboxylic acids is 1. The molecule has 1 heterocycles. The quantitative estimate of drug-likeness (QED) is 0.822. The number of hydrogen-bond donors (Lipinski definition) is 1. The summed E-state index contributed by atoms with van der Waals surface area (Å²) >= 11 is 0. The van der Waals surface area contributed by atoms with Crippen molar-refractivity contribution in [3.63, 3.8) is 0 Å². The van der Waals surface area contributed by atoms with Crippen LogP contribution in [0.2, 0.25) is 0 Å². The zero-order chi connectivity index (χ0) is 16.3. The lowest BCUT2D eigenvalue weighted by Crippen LogP contribution is -2.41. The van der Waals surface area contributed by atoms with Crippen molar-refractivity contribution in [1.82, 2.24) is 4.90 Å². The van der Waals surface area contributed by atoms with E-state index in [1.54, 1.807) is 6.08 Å². The molecule has 0 saturated carbocycles. The first-order valence-corrected chi connectivity index (χ1v) is 8.62. The van der Waals surface area contributed by atoms with Crippen molar-refractivity contribution in [3.05, 3.63) is 48.0 Å². The predicted molar refractivity (Wildman–Crippen MR) is 81.7 cm³/mol. The van der Waals surface area contributed by atoms with Crippen LogP contribution in [0.1, 0.15) is 27.1 Å². The van der Waals surface area contributed by atoms with Crippen molar-refractivity contribution >= 4 is 21.7 Å². The van der Waals surface area contributed by atoms with Gasteiger partial charge in [-0.25, -0.2) is 13.2 Å². The lowest BCUT2D eigenvalue weighted by atomic mass is 10.1. The van der Waals surface area contributed by atoms with E-state index in [1.165, 1.54) is 29.2 Å². The molecule has 1 fully saturated rings. The van der Waals surface area contributed by atoms with Gasteiger partial charge in [-0.1, -0.05) is 6.08 Å². The van der Waals surface area contributed by atoms with Crippen molar-refractivity contribution in [1.29, 1.82) is 0 Å². The van der Waals surface area contributed by atoms with E-state index in [1.807, 2.05) is 0 Å². The smallest absolute Gasteiger partial charge is 0.335 e. The molecule has 2 rings (SSSR count). The Bertz CT molecular complexity index is 693. The van der Waals surface area contributed by atoms with E-state index in [-0.39, 0.29) is 35.6 Å². The van der Waals surface area contributed by atoms with E-state index in [9.17, 15) is 18.0 Å². The van der Waals surface area contributed by atoms with Gasteiger partial charge in [-0.15, -0.1) is 6.58 Å². The first kappa shape index (κ1) is 16.2. The molecule has 0 radical (unpaired) electrons. The highest BCUT2D eigenvalue weighted by molar-refractivity contribution is 7.91. The summed E-state index contributed by atoms with van der Waals surface area (Å²) in [6, 6.07) is 5.21. The Morgan fingerprint density at radius 2 is 1.86 bits per heavy atom. The molecule has 1 atom stereocenters. The molecule has 1 unspecified atom stereocenters. The summed E-state index contributed by atoms with van der Waals surface area (Å²) < 4.78 is 23.2. The summed E-state index contributed by atoms with van der Waals surface area (Å²) in [7, 11) is -3.10. The molecule has 22 heavy (non-hydrogen) atoms. The molecule has 1 amide bonds. The summed E-state index contributed by atoms with van der Waals surface area (Å²) in [5.74, 6) is -1.35. The zero-order valence-corrected chi connectivity index (χ0v) is 12.8. The van der Waals surface area contributed by atoms with Crippen molar-refractivity contribution < 1.29 is 23.1 Å². The molecule has 1 aliphatic rings. The Morgan fingerprint density at radius 3 is 2.32 bits per heavy atom. The first-order chi connectivity index (χ1) is 10.3. The minimum Gasteiger partial charge on any atom is -0.478 e. The fourth-order valence-electron chi connectivity index (χ4n) is 2.48. The largest absolute Gasteiger partial charge is 0.478 e. The lowest BCUT2D eigenvalue weighted by Gasteiger charge is -2.27. The van der Waals surface area contributed by atoms with Crippen LogP contribution in [0, 0.1) is 0 Å². The maximum Gasteiger partial charge on any atom is 0.335 e. The summed E-state index contributed by atoms with van der Waals surface area (Å²) in [5.41, 5.74) is 0.423. The molecule has 0 spiro atoms. The van der Waals surface area contributed by atoms with Crippen molar-refractivity contribution in [3.8, 4) is 0 Å². The van der Waals surface area contributed by atoms with Crippen molar-refractivity contribution in [2.24, 2.45) is 0 Å². The van der Waals surface area contributed by atoms with Crippen LogP contribution in [0.5, 0.6) is 0 Å². The highest BCUT2D eigenvalue weighted by Crippen LogP contribution is 2.20. The number of nitrogens with zero attached hydrogens (tertiary/aromatic N) is 1. The third-order valence-corrected chi connectivity index (χ3v) is 5.36. The molecule has 0 aromatic heterocycles. The van der Waals surface area contributed by atoms with Crippen LogP contribution in [0.4, 0.5) is 0 Å². The molecular formula is C15H17NO5S. The topological polar surface area (TPSA) is 91.8 Å². The van der Waals surface area contributed by atoms with Gasteiger partial charge in [0.2, 0.25) is 0 Å². The molecule has 1 aromatic rings. The maximum absolute atomic E-state index is 12.5. The highest BCUT2D eigenvalue weighted by Gasteiger charge is 2.34. The maximum atomic E-state index is 12.5. The van der Waals surface area contributed by atoms with Crippen LogP contribution >= 0.6 is 0 Å². The first-order valence-electron chi connectivity index (χ1n) is 6.79. The van der Waals surface area contributed by atoms with E-state index < -0.39 is 15.8 Å². The number of carbonyl (C=O) groups excluding carboxylic acids is 1. The van der Waals surface area contributed by atoms with Crippen LogP contribution < -0.4 is 0 Å². The van der Waals surface area contributed by atoms with Gasteiger partial charge in [0.25, 0.3) is 5.91 Å². The van der Waals surface area contributed by atoms with E-state index >= 15 is 0 Å². The normalized spacial score (nSPS) is 19.5. The highest BCUT2D eigenvalue weighted by atomic mass is 32.2. The van der Waals surface area contributed by atoms with E-state index in [0.717, 1.165) is 0 Å². The van der Waals surface area contributed by atoms with Crippen molar-refractivity contribution in [2.45, 2.75) is 12.5 Å². The third-order valence-electron chi connectivity index (χ3n) is 3.61. The van der Waals surface area contributed by atoms with Crippen LogP contribution in [0.3, 0.4) is 0 Å². The Balaban J connectivity index is 2.22. The number of rotatable bonds is 5. The average Bonchev–Trinajstić information content (AvgIpc) is 2.84. The molecule has 1 aromatic carbocycles. The van der Waals surface area contributed by atoms with E-state index in [0.29, 0.717) is 12.0 Å². The van der Waals surface area contributed by atoms with Crippen molar-refractivity contribution in [2.75, 3.05) is 18.1 Å². The molecule has 118 valence electrons. The van der Waals surface area contributed by atoms with Crippen LogP contribution in [-0.2, 0) is 9.84 Å². The minimum absolute atomic E-state index is 0.0419. The lowest BCUT2D eigenvalue weighted by molar-refractivity contribution is 0.0690. The Morgan fingerprint density at radius 1 is 1.27 bits per heavy atom. The number of carboxylic acid groups (broad SMARTS) is 1.